The molecule has 0 saturated carbocycles. The van der Waals surface area contributed by atoms with Crippen LogP contribution in [0.4, 0.5) is 0 Å². The highest BCUT2D eigenvalue weighted by atomic mass is 16.5. The van der Waals surface area contributed by atoms with Gasteiger partial charge in [-0.2, -0.15) is 0 Å². The quantitative estimate of drug-likeness (QED) is 0.826. The third-order valence-corrected chi connectivity index (χ3v) is 4.96. The van der Waals surface area contributed by atoms with E-state index < -0.39 is 12.1 Å². The van der Waals surface area contributed by atoms with Crippen molar-refractivity contribution in [2.45, 2.75) is 39.0 Å². The number of aromatic nitrogens is 1. The van der Waals surface area contributed by atoms with Crippen LogP contribution < -0.4 is 4.74 Å². The van der Waals surface area contributed by atoms with E-state index in [1.54, 1.807) is 21.1 Å². The molecule has 8 heteroatoms. The summed E-state index contributed by atoms with van der Waals surface area (Å²) in [7, 11) is 4.68. The van der Waals surface area contributed by atoms with Crippen LogP contribution in [0, 0.1) is 12.8 Å². The van der Waals surface area contributed by atoms with Crippen molar-refractivity contribution in [3.8, 4) is 17.0 Å². The Bertz CT molecular complexity index is 902. The number of nitrogens with zero attached hydrogens (tertiary/aromatic N) is 3. The summed E-state index contributed by atoms with van der Waals surface area (Å²) in [6, 6.07) is 6.34. The van der Waals surface area contributed by atoms with E-state index >= 15 is 0 Å². The summed E-state index contributed by atoms with van der Waals surface area (Å²) in [4.78, 5) is 9.24. The first-order valence-corrected chi connectivity index (χ1v) is 9.43. The molecule has 0 spiro atoms. The van der Waals surface area contributed by atoms with Crippen molar-refractivity contribution in [2.75, 3.05) is 21.3 Å². The third-order valence-electron chi connectivity index (χ3n) is 4.96. The fourth-order valence-corrected chi connectivity index (χ4v) is 3.37. The molecule has 0 saturated heterocycles. The molecule has 0 amide bonds. The van der Waals surface area contributed by atoms with Gasteiger partial charge in [0.2, 0.25) is 11.8 Å². The molecule has 2 heterocycles. The van der Waals surface area contributed by atoms with E-state index in [2.05, 4.69) is 15.1 Å². The molecular formula is C21H27N3O5. The van der Waals surface area contributed by atoms with Crippen LogP contribution in [-0.4, -0.2) is 55.5 Å². The van der Waals surface area contributed by atoms with Crippen molar-refractivity contribution in [3.63, 3.8) is 0 Å². The molecule has 1 aliphatic heterocycles. The van der Waals surface area contributed by atoms with Crippen molar-refractivity contribution in [2.24, 2.45) is 15.9 Å². The maximum absolute atomic E-state index is 11.2. The average Bonchev–Trinajstić information content (AvgIpc) is 3.13. The Morgan fingerprint density at radius 3 is 2.07 bits per heavy atom. The summed E-state index contributed by atoms with van der Waals surface area (Å²) < 4.78 is 21.5. The van der Waals surface area contributed by atoms with Crippen molar-refractivity contribution in [1.82, 2.24) is 5.16 Å². The van der Waals surface area contributed by atoms with Crippen LogP contribution in [0.15, 0.2) is 38.8 Å². The zero-order valence-corrected chi connectivity index (χ0v) is 17.5. The first kappa shape index (κ1) is 20.9. The van der Waals surface area contributed by atoms with Crippen LogP contribution in [0.1, 0.15) is 31.3 Å². The predicted octanol–water partition coefficient (Wildman–Crippen LogP) is 3.19. The van der Waals surface area contributed by atoms with Crippen LogP contribution in [0.25, 0.3) is 11.3 Å². The number of aliphatic imine (C=N–C) groups is 2. The van der Waals surface area contributed by atoms with E-state index in [1.165, 1.54) is 7.11 Å². The molecule has 3 atom stereocenters. The highest BCUT2D eigenvalue weighted by Crippen LogP contribution is 2.35. The molecule has 0 unspecified atom stereocenters. The minimum atomic E-state index is -1.07. The molecule has 29 heavy (non-hydrogen) atoms. The van der Waals surface area contributed by atoms with E-state index in [-0.39, 0.29) is 12.0 Å². The Morgan fingerprint density at radius 2 is 1.52 bits per heavy atom. The number of aliphatic hydroxyl groups is 1. The fourth-order valence-electron chi connectivity index (χ4n) is 3.37. The smallest absolute Gasteiger partial charge is 0.212 e. The van der Waals surface area contributed by atoms with E-state index in [1.807, 2.05) is 38.1 Å². The minimum absolute atomic E-state index is 0.170. The summed E-state index contributed by atoms with van der Waals surface area (Å²) in [6.45, 7) is 5.81. The Labute approximate surface area is 170 Å². The zero-order chi connectivity index (χ0) is 21.1. The fraction of sp³-hybridized carbons (Fsp3) is 0.476. The first-order chi connectivity index (χ1) is 13.9. The van der Waals surface area contributed by atoms with Crippen LogP contribution >= 0.6 is 0 Å². The van der Waals surface area contributed by atoms with Gasteiger partial charge in [-0.25, -0.2) is 9.98 Å². The Balaban J connectivity index is 2.01. The standard InChI is InChI=1S/C21H27N3O5/c1-11(2)16-20(27-5)23-18(21(22-16)28-6)19(25)15-12(3)29-24-17(15)13-7-9-14(26-4)10-8-13/h7-11,16,18-19,25H,1-6H3/t16-,18+,19-/m0/s1. The van der Waals surface area contributed by atoms with Gasteiger partial charge < -0.3 is 23.8 Å². The molecule has 3 rings (SSSR count). The molecule has 0 bridgehead atoms. The van der Waals surface area contributed by atoms with Gasteiger partial charge in [0, 0.05) is 5.56 Å². The summed E-state index contributed by atoms with van der Waals surface area (Å²) in [5.74, 6) is 2.21. The number of ether oxygens (including phenoxy) is 3. The lowest BCUT2D eigenvalue weighted by Crippen LogP contribution is -2.40. The van der Waals surface area contributed by atoms with Crippen molar-refractivity contribution in [3.05, 3.63) is 35.6 Å². The Kier molecular flexibility index (Phi) is 6.22. The van der Waals surface area contributed by atoms with Gasteiger partial charge in [-0.05, 0) is 37.1 Å². The molecule has 0 radical (unpaired) electrons. The lowest BCUT2D eigenvalue weighted by atomic mass is 9.95. The maximum atomic E-state index is 11.2. The van der Waals surface area contributed by atoms with Gasteiger partial charge >= 0.3 is 0 Å². The van der Waals surface area contributed by atoms with Gasteiger partial charge in [0.25, 0.3) is 0 Å². The predicted molar refractivity (Wildman–Crippen MR) is 109 cm³/mol. The molecule has 156 valence electrons. The lowest BCUT2D eigenvalue weighted by Gasteiger charge is -2.29. The largest absolute Gasteiger partial charge is 0.497 e. The zero-order valence-electron chi connectivity index (χ0n) is 17.5. The second-order valence-corrected chi connectivity index (χ2v) is 7.15. The number of benzene rings is 1. The van der Waals surface area contributed by atoms with Crippen LogP contribution in [0.5, 0.6) is 5.75 Å². The van der Waals surface area contributed by atoms with Crippen LogP contribution in [0.2, 0.25) is 0 Å². The second kappa shape index (κ2) is 8.65. The number of aryl methyl sites for hydroxylation is 1. The van der Waals surface area contributed by atoms with Gasteiger partial charge in [-0.15, -0.1) is 0 Å². The highest BCUT2D eigenvalue weighted by molar-refractivity contribution is 5.94. The van der Waals surface area contributed by atoms with Crippen LogP contribution in [-0.2, 0) is 9.47 Å². The van der Waals surface area contributed by atoms with E-state index in [4.69, 9.17) is 18.7 Å². The molecule has 1 aliphatic rings. The van der Waals surface area contributed by atoms with Crippen molar-refractivity contribution < 1.29 is 23.8 Å². The summed E-state index contributed by atoms with van der Waals surface area (Å²) in [6.07, 6.45) is -1.07. The second-order valence-electron chi connectivity index (χ2n) is 7.15. The Hall–Kier alpha value is -2.87. The van der Waals surface area contributed by atoms with E-state index in [9.17, 15) is 5.11 Å². The molecule has 0 fully saturated rings. The van der Waals surface area contributed by atoms with E-state index in [0.717, 1.165) is 11.3 Å². The number of hydrogen-bond donors (Lipinski definition) is 1. The molecule has 0 aliphatic carbocycles. The third kappa shape index (κ3) is 3.98. The van der Waals surface area contributed by atoms with Gasteiger partial charge in [0.05, 0.1) is 26.9 Å². The average molecular weight is 401 g/mol. The summed E-state index contributed by atoms with van der Waals surface area (Å²) in [5, 5.41) is 15.4. The monoisotopic (exact) mass is 401 g/mol. The van der Waals surface area contributed by atoms with E-state index in [0.29, 0.717) is 28.8 Å². The highest BCUT2D eigenvalue weighted by Gasteiger charge is 2.38. The number of rotatable bonds is 5. The molecule has 1 aromatic carbocycles. The van der Waals surface area contributed by atoms with Crippen molar-refractivity contribution >= 4 is 11.8 Å². The molecule has 1 N–H and O–H groups in total. The number of hydrogen-bond acceptors (Lipinski definition) is 8. The molecule has 2 aromatic rings. The minimum Gasteiger partial charge on any atom is -0.497 e. The Morgan fingerprint density at radius 1 is 0.931 bits per heavy atom. The van der Waals surface area contributed by atoms with Gasteiger partial charge in [0.15, 0.2) is 6.04 Å². The van der Waals surface area contributed by atoms with Gasteiger partial charge in [-0.3, -0.25) is 0 Å². The topological polar surface area (TPSA) is 98.7 Å². The molecule has 8 nitrogen and oxygen atoms in total. The first-order valence-electron chi connectivity index (χ1n) is 9.43. The lowest BCUT2D eigenvalue weighted by molar-refractivity contribution is 0.154. The normalized spacial score (nSPS) is 20.1. The summed E-state index contributed by atoms with van der Waals surface area (Å²) in [5.41, 5.74) is 1.86. The maximum Gasteiger partial charge on any atom is 0.212 e. The number of aliphatic hydroxyl groups excluding tert-OH is 1. The van der Waals surface area contributed by atoms with Crippen LogP contribution in [0.3, 0.4) is 0 Å². The summed E-state index contributed by atoms with van der Waals surface area (Å²) >= 11 is 0. The number of methoxy groups -OCH3 is 3. The molecule has 1 aromatic heterocycles. The van der Waals surface area contributed by atoms with Gasteiger partial charge in [-0.1, -0.05) is 19.0 Å². The SMILES string of the molecule is COC1=N[C@H]([C@@H](O)c2c(-c3ccc(OC)cc3)noc2C)C(OC)=N[C@H]1C(C)C. The van der Waals surface area contributed by atoms with Crippen molar-refractivity contribution in [1.29, 1.82) is 0 Å². The van der Waals surface area contributed by atoms with Gasteiger partial charge in [0.1, 0.15) is 29.3 Å². The molecular weight excluding hydrogens is 374 g/mol.